The molecule has 1 unspecified atom stereocenters. The Morgan fingerprint density at radius 1 is 1.12 bits per heavy atom. The first-order valence-corrected chi connectivity index (χ1v) is 7.99. The fourth-order valence-electron chi connectivity index (χ4n) is 2.63. The van der Waals surface area contributed by atoms with Crippen molar-refractivity contribution in [3.63, 3.8) is 0 Å². The molecule has 4 nitrogen and oxygen atoms in total. The zero-order valence-corrected chi connectivity index (χ0v) is 13.8. The minimum Gasteiger partial charge on any atom is -0.339 e. The fourth-order valence-corrected chi connectivity index (χ4v) is 2.63. The van der Waals surface area contributed by atoms with E-state index in [-0.39, 0.29) is 17.4 Å². The molecule has 1 atom stereocenters. The fraction of sp³-hybridized carbons (Fsp3) is 0.529. The number of rotatable bonds is 3. The van der Waals surface area contributed by atoms with Crippen molar-refractivity contribution in [1.29, 1.82) is 0 Å². The van der Waals surface area contributed by atoms with E-state index >= 15 is 0 Å². The maximum absolute atomic E-state index is 12.8. The summed E-state index contributed by atoms with van der Waals surface area (Å²) < 4.78 is 38.3. The molecule has 1 aromatic rings. The monoisotopic (exact) mass is 342 g/mol. The number of carbonyl (C=O) groups excluding carboxylic acids is 2. The third-order valence-electron chi connectivity index (χ3n) is 4.35. The zero-order chi connectivity index (χ0) is 17.9. The Morgan fingerprint density at radius 2 is 1.71 bits per heavy atom. The van der Waals surface area contributed by atoms with Gasteiger partial charge in [0, 0.05) is 37.7 Å². The molecule has 1 aliphatic heterocycles. The van der Waals surface area contributed by atoms with Crippen LogP contribution in [0.15, 0.2) is 24.3 Å². The Morgan fingerprint density at radius 3 is 2.25 bits per heavy atom. The summed E-state index contributed by atoms with van der Waals surface area (Å²) in [6, 6.07) is 4.44. The molecular formula is C17H21F3N2O2. The normalized spacial score (nSPS) is 16.9. The van der Waals surface area contributed by atoms with Crippen LogP contribution in [0.1, 0.15) is 36.2 Å². The van der Waals surface area contributed by atoms with Gasteiger partial charge in [-0.25, -0.2) is 0 Å². The molecule has 1 heterocycles. The maximum atomic E-state index is 12.8. The number of nitrogens with zero attached hydrogens (tertiary/aromatic N) is 2. The molecule has 1 saturated heterocycles. The van der Waals surface area contributed by atoms with Gasteiger partial charge >= 0.3 is 6.18 Å². The minimum atomic E-state index is -4.47. The van der Waals surface area contributed by atoms with Crippen LogP contribution in [0.4, 0.5) is 13.2 Å². The Kier molecular flexibility index (Phi) is 5.51. The summed E-state index contributed by atoms with van der Waals surface area (Å²) in [4.78, 5) is 27.7. The third kappa shape index (κ3) is 4.07. The molecule has 1 fully saturated rings. The van der Waals surface area contributed by atoms with E-state index < -0.39 is 17.6 Å². The number of piperazine rings is 1. The van der Waals surface area contributed by atoms with Crippen molar-refractivity contribution in [1.82, 2.24) is 9.80 Å². The van der Waals surface area contributed by atoms with Gasteiger partial charge in [0.1, 0.15) is 0 Å². The molecule has 1 aromatic carbocycles. The van der Waals surface area contributed by atoms with E-state index in [0.29, 0.717) is 26.2 Å². The lowest BCUT2D eigenvalue weighted by Gasteiger charge is -2.36. The van der Waals surface area contributed by atoms with E-state index in [4.69, 9.17) is 0 Å². The number of amides is 2. The highest BCUT2D eigenvalue weighted by atomic mass is 19.4. The first-order chi connectivity index (χ1) is 11.2. The highest BCUT2D eigenvalue weighted by Crippen LogP contribution is 2.29. The van der Waals surface area contributed by atoms with Crippen molar-refractivity contribution < 1.29 is 22.8 Å². The second-order valence-corrected chi connectivity index (χ2v) is 6.01. The van der Waals surface area contributed by atoms with Crippen molar-refractivity contribution in [2.24, 2.45) is 5.92 Å². The van der Waals surface area contributed by atoms with Gasteiger partial charge in [-0.3, -0.25) is 9.59 Å². The molecule has 0 saturated carbocycles. The van der Waals surface area contributed by atoms with Crippen LogP contribution >= 0.6 is 0 Å². The van der Waals surface area contributed by atoms with Gasteiger partial charge in [0.05, 0.1) is 5.56 Å². The summed E-state index contributed by atoms with van der Waals surface area (Å²) in [6.07, 6.45) is -3.72. The number of halogens is 3. The van der Waals surface area contributed by atoms with Crippen LogP contribution in [0, 0.1) is 5.92 Å². The van der Waals surface area contributed by atoms with E-state index in [1.54, 1.807) is 4.90 Å². The maximum Gasteiger partial charge on any atom is 0.416 e. The van der Waals surface area contributed by atoms with Crippen molar-refractivity contribution >= 4 is 11.8 Å². The number of hydrogen-bond donors (Lipinski definition) is 0. The highest BCUT2D eigenvalue weighted by Gasteiger charge is 2.32. The lowest BCUT2D eigenvalue weighted by atomic mass is 10.1. The second kappa shape index (κ2) is 7.23. The standard InChI is InChI=1S/C17H21F3N2O2/c1-3-12(2)15(23)21-7-9-22(10-8-21)16(24)13-5-4-6-14(11-13)17(18,19)20/h4-6,11-12H,3,7-10H2,1-2H3. The molecule has 2 amide bonds. The summed E-state index contributed by atoms with van der Waals surface area (Å²) in [7, 11) is 0. The van der Waals surface area contributed by atoms with Gasteiger partial charge in [0.15, 0.2) is 0 Å². The molecule has 0 bridgehead atoms. The van der Waals surface area contributed by atoms with Crippen molar-refractivity contribution in [2.45, 2.75) is 26.4 Å². The topological polar surface area (TPSA) is 40.6 Å². The number of carbonyl (C=O) groups is 2. The van der Waals surface area contributed by atoms with Crippen LogP contribution in [0.3, 0.4) is 0 Å². The first-order valence-electron chi connectivity index (χ1n) is 7.99. The smallest absolute Gasteiger partial charge is 0.339 e. The second-order valence-electron chi connectivity index (χ2n) is 6.01. The predicted octanol–water partition coefficient (Wildman–Crippen LogP) is 3.04. The number of hydrogen-bond acceptors (Lipinski definition) is 2. The third-order valence-corrected chi connectivity index (χ3v) is 4.35. The van der Waals surface area contributed by atoms with Gasteiger partial charge in [-0.1, -0.05) is 19.9 Å². The summed E-state index contributed by atoms with van der Waals surface area (Å²) in [5.41, 5.74) is -0.814. The van der Waals surface area contributed by atoms with Crippen molar-refractivity contribution in [3.05, 3.63) is 35.4 Å². The minimum absolute atomic E-state index is 0.0199. The van der Waals surface area contributed by atoms with Crippen LogP contribution in [0.25, 0.3) is 0 Å². The van der Waals surface area contributed by atoms with Crippen LogP contribution in [0.5, 0.6) is 0 Å². The van der Waals surface area contributed by atoms with Crippen LogP contribution < -0.4 is 0 Å². The van der Waals surface area contributed by atoms with Gasteiger partial charge in [-0.2, -0.15) is 13.2 Å². The Labute approximate surface area is 139 Å². The van der Waals surface area contributed by atoms with Gasteiger partial charge in [-0.15, -0.1) is 0 Å². The Bertz CT molecular complexity index is 608. The first kappa shape index (κ1) is 18.3. The van der Waals surface area contributed by atoms with Crippen molar-refractivity contribution in [3.8, 4) is 0 Å². The Balaban J connectivity index is 2.02. The molecule has 7 heteroatoms. The molecule has 24 heavy (non-hydrogen) atoms. The number of alkyl halides is 3. The van der Waals surface area contributed by atoms with Gasteiger partial charge in [0.25, 0.3) is 5.91 Å². The quantitative estimate of drug-likeness (QED) is 0.847. The molecule has 2 rings (SSSR count). The molecule has 0 radical (unpaired) electrons. The molecular weight excluding hydrogens is 321 g/mol. The van der Waals surface area contributed by atoms with E-state index in [2.05, 4.69) is 0 Å². The molecule has 132 valence electrons. The lowest BCUT2D eigenvalue weighted by molar-refractivity contribution is -0.138. The molecule has 0 aromatic heterocycles. The van der Waals surface area contributed by atoms with E-state index in [9.17, 15) is 22.8 Å². The largest absolute Gasteiger partial charge is 0.416 e. The summed E-state index contributed by atoms with van der Waals surface area (Å²) in [5.74, 6) is -0.434. The average molecular weight is 342 g/mol. The predicted molar refractivity (Wildman–Crippen MR) is 83.4 cm³/mol. The van der Waals surface area contributed by atoms with E-state index in [0.717, 1.165) is 18.6 Å². The van der Waals surface area contributed by atoms with Crippen LogP contribution in [-0.2, 0) is 11.0 Å². The van der Waals surface area contributed by atoms with Crippen LogP contribution in [-0.4, -0.2) is 47.8 Å². The van der Waals surface area contributed by atoms with Gasteiger partial charge in [0.2, 0.25) is 5.91 Å². The molecule has 0 aliphatic carbocycles. The van der Waals surface area contributed by atoms with Crippen molar-refractivity contribution in [2.75, 3.05) is 26.2 Å². The molecule has 0 N–H and O–H groups in total. The zero-order valence-electron chi connectivity index (χ0n) is 13.8. The number of benzene rings is 1. The summed E-state index contributed by atoms with van der Waals surface area (Å²) in [5, 5.41) is 0. The van der Waals surface area contributed by atoms with Gasteiger partial charge < -0.3 is 9.80 Å². The highest BCUT2D eigenvalue weighted by molar-refractivity contribution is 5.94. The van der Waals surface area contributed by atoms with E-state index in [1.807, 2.05) is 13.8 Å². The summed E-state index contributed by atoms with van der Waals surface area (Å²) in [6.45, 7) is 5.29. The molecule has 1 aliphatic rings. The van der Waals surface area contributed by atoms with Gasteiger partial charge in [-0.05, 0) is 24.6 Å². The SMILES string of the molecule is CCC(C)C(=O)N1CCN(C(=O)c2cccc(C(F)(F)F)c2)CC1. The molecule has 0 spiro atoms. The van der Waals surface area contributed by atoms with E-state index in [1.165, 1.54) is 17.0 Å². The average Bonchev–Trinajstić information content (AvgIpc) is 2.59. The van der Waals surface area contributed by atoms with Crippen LogP contribution in [0.2, 0.25) is 0 Å². The lowest BCUT2D eigenvalue weighted by Crippen LogP contribution is -2.51. The summed E-state index contributed by atoms with van der Waals surface area (Å²) >= 11 is 0. The Hall–Kier alpha value is -2.05.